The van der Waals surface area contributed by atoms with Crippen LogP contribution in [-0.2, 0) is 10.5 Å². The Kier molecular flexibility index (Phi) is 6.24. The number of benzene rings is 1. The first-order chi connectivity index (χ1) is 14.8. The van der Waals surface area contributed by atoms with Crippen LogP contribution in [0.1, 0.15) is 23.2 Å². The Balaban J connectivity index is 1.34. The van der Waals surface area contributed by atoms with Crippen LogP contribution in [0.2, 0.25) is 0 Å². The summed E-state index contributed by atoms with van der Waals surface area (Å²) >= 11 is 2.98. The zero-order chi connectivity index (χ0) is 22.1. The Bertz CT molecular complexity index is 1170. The maximum absolute atomic E-state index is 12.8. The summed E-state index contributed by atoms with van der Waals surface area (Å²) in [5, 5.41) is 0.381. The molecule has 0 unspecified atom stereocenters. The van der Waals surface area contributed by atoms with Gasteiger partial charge in [-0.1, -0.05) is 12.1 Å². The highest BCUT2D eigenvalue weighted by Gasteiger charge is 2.26. The number of nitrogens with one attached hydrogen (secondary N) is 1. The fourth-order valence-corrected chi connectivity index (χ4v) is 5.42. The summed E-state index contributed by atoms with van der Waals surface area (Å²) in [5.74, 6) is 2.47. The molecule has 7 nitrogen and oxygen atoms in total. The average molecular weight is 460 g/mol. The smallest absolute Gasteiger partial charge is 0.259 e. The lowest BCUT2D eigenvalue weighted by molar-refractivity contribution is -0.130. The molecule has 31 heavy (non-hydrogen) atoms. The minimum Gasteiger partial charge on any atom is -0.486 e. The van der Waals surface area contributed by atoms with E-state index in [1.54, 1.807) is 11.9 Å². The van der Waals surface area contributed by atoms with Gasteiger partial charge in [0.2, 0.25) is 5.91 Å². The standard InChI is InChI=1S/C22H25N3O4S2/c1-12-13(2)31-21-19(12)20(26)23-18(24-21)11-30-14(3)22(27)25(4)9-15-10-28-16-7-5-6-8-17(16)29-15/h5-8,14-15H,9-11H2,1-4H3,(H,23,24,26)/t14-,15-/m0/s1. The van der Waals surface area contributed by atoms with E-state index in [1.165, 1.54) is 23.1 Å². The van der Waals surface area contributed by atoms with Gasteiger partial charge in [0.1, 0.15) is 17.3 Å². The molecule has 1 amide bonds. The molecule has 1 aromatic carbocycles. The van der Waals surface area contributed by atoms with Gasteiger partial charge in [-0.25, -0.2) is 4.98 Å². The SMILES string of the molecule is Cc1sc2nc(CS[C@@H](C)C(=O)N(C)C[C@H]3COc4ccccc4O3)[nH]c(=O)c2c1C. The Hall–Kier alpha value is -2.52. The molecule has 0 saturated carbocycles. The molecule has 1 aliphatic rings. The second-order valence-electron chi connectivity index (χ2n) is 7.65. The molecule has 2 atom stereocenters. The van der Waals surface area contributed by atoms with Crippen LogP contribution >= 0.6 is 23.1 Å². The van der Waals surface area contributed by atoms with Crippen molar-refractivity contribution in [2.45, 2.75) is 37.9 Å². The van der Waals surface area contributed by atoms with Gasteiger partial charge in [0.05, 0.1) is 22.9 Å². The number of hydrogen-bond donors (Lipinski definition) is 1. The Morgan fingerprint density at radius 1 is 1.35 bits per heavy atom. The molecular formula is C22H25N3O4S2. The van der Waals surface area contributed by atoms with E-state index >= 15 is 0 Å². The van der Waals surface area contributed by atoms with Crippen LogP contribution in [0.15, 0.2) is 29.1 Å². The Labute approximate surface area is 188 Å². The number of carbonyl (C=O) groups excluding carboxylic acids is 1. The van der Waals surface area contributed by atoms with Crippen LogP contribution in [0.25, 0.3) is 10.2 Å². The molecule has 1 N–H and O–H groups in total. The van der Waals surface area contributed by atoms with Gasteiger partial charge in [-0.2, -0.15) is 0 Å². The number of rotatable bonds is 6. The highest BCUT2D eigenvalue weighted by Crippen LogP contribution is 2.31. The normalized spacial score (nSPS) is 16.3. The topological polar surface area (TPSA) is 84.5 Å². The molecule has 0 spiro atoms. The van der Waals surface area contributed by atoms with Crippen LogP contribution in [0, 0.1) is 13.8 Å². The molecule has 4 rings (SSSR count). The summed E-state index contributed by atoms with van der Waals surface area (Å²) in [6, 6.07) is 7.53. The molecule has 0 saturated heterocycles. The first-order valence-corrected chi connectivity index (χ1v) is 11.9. The second kappa shape index (κ2) is 8.92. The summed E-state index contributed by atoms with van der Waals surface area (Å²) < 4.78 is 11.7. The van der Waals surface area contributed by atoms with E-state index in [4.69, 9.17) is 9.47 Å². The van der Waals surface area contributed by atoms with Crippen LogP contribution in [-0.4, -0.2) is 52.3 Å². The second-order valence-corrected chi connectivity index (χ2v) is 10.2. The molecule has 0 fully saturated rings. The molecule has 164 valence electrons. The van der Waals surface area contributed by atoms with E-state index in [1.807, 2.05) is 45.0 Å². The number of carbonyl (C=O) groups is 1. The summed E-state index contributed by atoms with van der Waals surface area (Å²) in [7, 11) is 1.77. The van der Waals surface area contributed by atoms with Crippen molar-refractivity contribution in [3.8, 4) is 11.5 Å². The third-order valence-electron chi connectivity index (χ3n) is 5.33. The quantitative estimate of drug-likeness (QED) is 0.607. The van der Waals surface area contributed by atoms with E-state index in [-0.39, 0.29) is 22.8 Å². The third kappa shape index (κ3) is 4.57. The van der Waals surface area contributed by atoms with Crippen molar-refractivity contribution in [2.75, 3.05) is 20.2 Å². The highest BCUT2D eigenvalue weighted by molar-refractivity contribution is 7.99. The van der Waals surface area contributed by atoms with Crippen molar-refractivity contribution in [3.05, 3.63) is 50.9 Å². The van der Waals surface area contributed by atoms with Crippen molar-refractivity contribution in [1.29, 1.82) is 0 Å². The molecule has 0 aliphatic carbocycles. The summed E-state index contributed by atoms with van der Waals surface area (Å²) in [4.78, 5) is 36.2. The molecule has 3 heterocycles. The van der Waals surface area contributed by atoms with Gasteiger partial charge in [-0.05, 0) is 38.5 Å². The monoisotopic (exact) mass is 459 g/mol. The van der Waals surface area contributed by atoms with Gasteiger partial charge in [-0.15, -0.1) is 23.1 Å². The highest BCUT2D eigenvalue weighted by atomic mass is 32.2. The van der Waals surface area contributed by atoms with E-state index in [0.717, 1.165) is 21.0 Å². The van der Waals surface area contributed by atoms with Gasteiger partial charge in [-0.3, -0.25) is 9.59 Å². The number of thiophene rings is 1. The van der Waals surface area contributed by atoms with Crippen molar-refractivity contribution < 1.29 is 14.3 Å². The van der Waals surface area contributed by atoms with Crippen LogP contribution in [0.3, 0.4) is 0 Å². The minimum atomic E-state index is -0.283. The zero-order valence-corrected chi connectivity index (χ0v) is 19.6. The largest absolute Gasteiger partial charge is 0.486 e. The fraction of sp³-hybridized carbons (Fsp3) is 0.409. The molecular weight excluding hydrogens is 434 g/mol. The van der Waals surface area contributed by atoms with Gasteiger partial charge in [0.25, 0.3) is 5.56 Å². The lowest BCUT2D eigenvalue weighted by atomic mass is 10.2. The predicted octanol–water partition coefficient (Wildman–Crippen LogP) is 3.52. The molecule has 3 aromatic rings. The van der Waals surface area contributed by atoms with Crippen molar-refractivity contribution in [3.63, 3.8) is 0 Å². The molecule has 9 heteroatoms. The molecule has 0 bridgehead atoms. The lowest BCUT2D eigenvalue weighted by Crippen LogP contribution is -2.44. The van der Waals surface area contributed by atoms with E-state index < -0.39 is 0 Å². The number of hydrogen-bond acceptors (Lipinski definition) is 7. The Morgan fingerprint density at radius 3 is 2.87 bits per heavy atom. The number of likely N-dealkylation sites (N-methyl/N-ethyl adjacent to an activating group) is 1. The number of thioether (sulfide) groups is 1. The lowest BCUT2D eigenvalue weighted by Gasteiger charge is -2.30. The molecule has 0 radical (unpaired) electrons. The predicted molar refractivity (Wildman–Crippen MR) is 124 cm³/mol. The maximum atomic E-state index is 12.8. The fourth-order valence-electron chi connectivity index (χ4n) is 3.50. The number of aromatic nitrogens is 2. The molecule has 2 aromatic heterocycles. The number of H-pyrrole nitrogens is 1. The number of aromatic amines is 1. The van der Waals surface area contributed by atoms with E-state index in [9.17, 15) is 9.59 Å². The van der Waals surface area contributed by atoms with Crippen LogP contribution < -0.4 is 15.0 Å². The number of nitrogens with zero attached hydrogens (tertiary/aromatic N) is 2. The van der Waals surface area contributed by atoms with Gasteiger partial charge in [0, 0.05) is 11.9 Å². The van der Waals surface area contributed by atoms with Crippen LogP contribution in [0.5, 0.6) is 11.5 Å². The number of aryl methyl sites for hydroxylation is 2. The minimum absolute atomic E-state index is 0.00121. The van der Waals surface area contributed by atoms with Gasteiger partial charge >= 0.3 is 0 Å². The van der Waals surface area contributed by atoms with Crippen LogP contribution in [0.4, 0.5) is 0 Å². The first-order valence-electron chi connectivity index (χ1n) is 10.1. The average Bonchev–Trinajstić information content (AvgIpc) is 3.05. The number of fused-ring (bicyclic) bond motifs is 2. The van der Waals surface area contributed by atoms with Gasteiger partial charge < -0.3 is 19.4 Å². The molecule has 1 aliphatic heterocycles. The summed E-state index contributed by atoms with van der Waals surface area (Å²) in [6.45, 7) is 6.64. The third-order valence-corrected chi connectivity index (χ3v) is 7.57. The summed E-state index contributed by atoms with van der Waals surface area (Å²) in [5.41, 5.74) is 0.864. The van der Waals surface area contributed by atoms with Crippen molar-refractivity contribution in [1.82, 2.24) is 14.9 Å². The zero-order valence-electron chi connectivity index (χ0n) is 17.9. The van der Waals surface area contributed by atoms with E-state index in [2.05, 4.69) is 9.97 Å². The number of ether oxygens (including phenoxy) is 2. The number of para-hydroxylation sites is 2. The van der Waals surface area contributed by atoms with Crippen molar-refractivity contribution in [2.24, 2.45) is 0 Å². The van der Waals surface area contributed by atoms with Crippen molar-refractivity contribution >= 4 is 39.2 Å². The van der Waals surface area contributed by atoms with E-state index in [0.29, 0.717) is 35.9 Å². The maximum Gasteiger partial charge on any atom is 0.259 e. The number of amides is 1. The summed E-state index contributed by atoms with van der Waals surface area (Å²) in [6.07, 6.45) is -0.216. The Morgan fingerprint density at radius 2 is 2.10 bits per heavy atom. The first kappa shape index (κ1) is 21.7. The van der Waals surface area contributed by atoms with Gasteiger partial charge in [0.15, 0.2) is 17.6 Å².